The Hall–Kier alpha value is -1.67. The molecule has 0 radical (unpaired) electrons. The summed E-state index contributed by atoms with van der Waals surface area (Å²) < 4.78 is 0. The molecule has 0 bridgehead atoms. The third-order valence-corrected chi connectivity index (χ3v) is 2.83. The molecule has 0 aromatic rings. The van der Waals surface area contributed by atoms with E-state index in [1.165, 1.54) is 31.8 Å². The molecule has 0 aliphatic heterocycles. The van der Waals surface area contributed by atoms with Gasteiger partial charge in [-0.1, -0.05) is 50.5 Å². The molecule has 0 aromatic heterocycles. The van der Waals surface area contributed by atoms with E-state index in [-0.39, 0.29) is 0 Å². The van der Waals surface area contributed by atoms with Gasteiger partial charge >= 0.3 is 5.97 Å². The molecule has 0 aromatic carbocycles. The van der Waals surface area contributed by atoms with Crippen molar-refractivity contribution in [3.8, 4) is 23.7 Å². The molecule has 20 heavy (non-hydrogen) atoms. The average Bonchev–Trinajstić information content (AvgIpc) is 2.43. The first kappa shape index (κ1) is 18.3. The fourth-order valence-corrected chi connectivity index (χ4v) is 1.69. The van der Waals surface area contributed by atoms with Gasteiger partial charge in [0, 0.05) is 18.9 Å². The van der Waals surface area contributed by atoms with Crippen LogP contribution in [0, 0.1) is 23.7 Å². The van der Waals surface area contributed by atoms with Gasteiger partial charge in [-0.15, -0.1) is 0 Å². The van der Waals surface area contributed by atoms with Gasteiger partial charge in [0.05, 0.1) is 0 Å². The molecule has 0 saturated heterocycles. The number of carboxylic acid groups (broad SMARTS) is 1. The first-order valence-electron chi connectivity index (χ1n) is 7.62. The van der Waals surface area contributed by atoms with Crippen LogP contribution in [0.1, 0.15) is 71.1 Å². The Balaban J connectivity index is 3.37. The van der Waals surface area contributed by atoms with Gasteiger partial charge < -0.3 is 5.11 Å². The Kier molecular flexibility index (Phi) is 14.1. The number of hydrogen-bond donors (Lipinski definition) is 1. The van der Waals surface area contributed by atoms with Crippen LogP contribution in [0.5, 0.6) is 0 Å². The van der Waals surface area contributed by atoms with Gasteiger partial charge in [0.25, 0.3) is 0 Å². The summed E-state index contributed by atoms with van der Waals surface area (Å²) in [6, 6.07) is 0. The van der Waals surface area contributed by atoms with Gasteiger partial charge in [0.2, 0.25) is 0 Å². The number of carboxylic acids is 1. The SMILES string of the molecule is CCCCCCC#CC#CCCCCC/C=C/C(=O)O. The van der Waals surface area contributed by atoms with Crippen molar-refractivity contribution in [3.05, 3.63) is 12.2 Å². The molecule has 0 amide bonds. The van der Waals surface area contributed by atoms with E-state index >= 15 is 0 Å². The van der Waals surface area contributed by atoms with Gasteiger partial charge in [-0.2, -0.15) is 0 Å². The van der Waals surface area contributed by atoms with E-state index < -0.39 is 5.97 Å². The number of rotatable bonds is 10. The highest BCUT2D eigenvalue weighted by molar-refractivity contribution is 5.79. The summed E-state index contributed by atoms with van der Waals surface area (Å²) in [6.45, 7) is 2.21. The van der Waals surface area contributed by atoms with Gasteiger partial charge in [0.15, 0.2) is 0 Å². The first-order valence-corrected chi connectivity index (χ1v) is 7.62. The Morgan fingerprint density at radius 2 is 1.55 bits per heavy atom. The van der Waals surface area contributed by atoms with E-state index in [0.29, 0.717) is 0 Å². The van der Waals surface area contributed by atoms with Crippen LogP contribution in [0.4, 0.5) is 0 Å². The second-order valence-electron chi connectivity index (χ2n) is 4.75. The zero-order valence-corrected chi connectivity index (χ0v) is 12.6. The number of hydrogen-bond acceptors (Lipinski definition) is 1. The lowest BCUT2D eigenvalue weighted by Crippen LogP contribution is -1.85. The lowest BCUT2D eigenvalue weighted by Gasteiger charge is -1.92. The van der Waals surface area contributed by atoms with Crippen LogP contribution in [-0.2, 0) is 4.79 Å². The predicted molar refractivity (Wildman–Crippen MR) is 84.2 cm³/mol. The summed E-state index contributed by atoms with van der Waals surface area (Å²) in [6.07, 6.45) is 13.8. The Morgan fingerprint density at radius 3 is 2.10 bits per heavy atom. The van der Waals surface area contributed by atoms with Crippen molar-refractivity contribution in [2.45, 2.75) is 71.1 Å². The number of unbranched alkanes of at least 4 members (excludes halogenated alkanes) is 8. The molecule has 0 heterocycles. The Bertz CT molecular complexity index is 385. The average molecular weight is 274 g/mol. The monoisotopic (exact) mass is 274 g/mol. The standard InChI is InChI=1S/C18H26O2/c1-2-3-4-5-6-7-8-9-10-11-12-13-14-15-16-17-18(19)20/h16-17H,2-6,11-15H2,1H3,(H,19,20)/b17-16+. The fraction of sp³-hybridized carbons (Fsp3) is 0.611. The summed E-state index contributed by atoms with van der Waals surface area (Å²) in [4.78, 5) is 10.2. The third-order valence-electron chi connectivity index (χ3n) is 2.83. The zero-order valence-electron chi connectivity index (χ0n) is 12.6. The maximum atomic E-state index is 10.2. The highest BCUT2D eigenvalue weighted by Gasteiger charge is 1.87. The van der Waals surface area contributed by atoms with E-state index in [1.807, 2.05) is 0 Å². The predicted octanol–water partition coefficient (Wildman–Crippen LogP) is 4.55. The van der Waals surface area contributed by atoms with Gasteiger partial charge in [0.1, 0.15) is 0 Å². The summed E-state index contributed by atoms with van der Waals surface area (Å²) in [5, 5.41) is 8.40. The van der Waals surface area contributed by atoms with Crippen molar-refractivity contribution in [2.75, 3.05) is 0 Å². The minimum atomic E-state index is -0.871. The van der Waals surface area contributed by atoms with E-state index in [0.717, 1.165) is 38.5 Å². The van der Waals surface area contributed by atoms with Crippen LogP contribution < -0.4 is 0 Å². The molecule has 0 fully saturated rings. The maximum absolute atomic E-state index is 10.2. The van der Waals surface area contributed by atoms with Crippen LogP contribution in [0.3, 0.4) is 0 Å². The van der Waals surface area contributed by atoms with Crippen molar-refractivity contribution in [3.63, 3.8) is 0 Å². The largest absolute Gasteiger partial charge is 0.478 e. The minimum Gasteiger partial charge on any atom is -0.478 e. The number of aliphatic carboxylic acids is 1. The molecule has 0 aliphatic carbocycles. The molecule has 2 heteroatoms. The molecule has 0 aliphatic rings. The number of carbonyl (C=O) groups is 1. The van der Waals surface area contributed by atoms with Crippen LogP contribution >= 0.6 is 0 Å². The lowest BCUT2D eigenvalue weighted by atomic mass is 10.1. The summed E-state index contributed by atoms with van der Waals surface area (Å²) in [5.41, 5.74) is 0. The second kappa shape index (κ2) is 15.4. The fourth-order valence-electron chi connectivity index (χ4n) is 1.69. The molecule has 110 valence electrons. The molecule has 0 saturated carbocycles. The molecular formula is C18H26O2. The van der Waals surface area contributed by atoms with Crippen molar-refractivity contribution >= 4 is 5.97 Å². The van der Waals surface area contributed by atoms with Crippen LogP contribution in [0.2, 0.25) is 0 Å². The lowest BCUT2D eigenvalue weighted by molar-refractivity contribution is -0.131. The van der Waals surface area contributed by atoms with Crippen LogP contribution in [0.25, 0.3) is 0 Å². The van der Waals surface area contributed by atoms with E-state index in [4.69, 9.17) is 5.11 Å². The van der Waals surface area contributed by atoms with Crippen molar-refractivity contribution in [2.24, 2.45) is 0 Å². The molecular weight excluding hydrogens is 248 g/mol. The first-order chi connectivity index (χ1) is 9.77. The van der Waals surface area contributed by atoms with E-state index in [9.17, 15) is 4.79 Å². The van der Waals surface area contributed by atoms with E-state index in [1.54, 1.807) is 6.08 Å². The van der Waals surface area contributed by atoms with Crippen molar-refractivity contribution in [1.29, 1.82) is 0 Å². The Morgan fingerprint density at radius 1 is 0.950 bits per heavy atom. The maximum Gasteiger partial charge on any atom is 0.327 e. The zero-order chi connectivity index (χ0) is 14.9. The molecule has 2 nitrogen and oxygen atoms in total. The summed E-state index contributed by atoms with van der Waals surface area (Å²) in [5.74, 6) is 11.1. The highest BCUT2D eigenvalue weighted by atomic mass is 16.4. The van der Waals surface area contributed by atoms with Gasteiger partial charge in [-0.05, 0) is 37.5 Å². The minimum absolute atomic E-state index is 0.831. The molecule has 0 atom stereocenters. The van der Waals surface area contributed by atoms with Gasteiger partial charge in [-0.25, -0.2) is 4.79 Å². The molecule has 0 unspecified atom stereocenters. The van der Waals surface area contributed by atoms with Crippen molar-refractivity contribution < 1.29 is 9.90 Å². The number of allylic oxidation sites excluding steroid dienone is 1. The summed E-state index contributed by atoms with van der Waals surface area (Å²) in [7, 11) is 0. The Labute approximate surface area is 123 Å². The van der Waals surface area contributed by atoms with Gasteiger partial charge in [-0.3, -0.25) is 0 Å². The van der Waals surface area contributed by atoms with Crippen LogP contribution in [0.15, 0.2) is 12.2 Å². The van der Waals surface area contributed by atoms with Crippen LogP contribution in [-0.4, -0.2) is 11.1 Å². The third kappa shape index (κ3) is 16.3. The quantitative estimate of drug-likeness (QED) is 0.360. The summed E-state index contributed by atoms with van der Waals surface area (Å²) >= 11 is 0. The van der Waals surface area contributed by atoms with Crippen molar-refractivity contribution in [1.82, 2.24) is 0 Å². The molecule has 0 spiro atoms. The van der Waals surface area contributed by atoms with E-state index in [2.05, 4.69) is 30.6 Å². The topological polar surface area (TPSA) is 37.3 Å². The normalized spacial score (nSPS) is 9.65. The highest BCUT2D eigenvalue weighted by Crippen LogP contribution is 2.03. The smallest absolute Gasteiger partial charge is 0.327 e. The molecule has 0 rings (SSSR count). The second-order valence-corrected chi connectivity index (χ2v) is 4.75. The molecule has 1 N–H and O–H groups in total.